The number of carbonyl (C=O) groups is 1. The lowest BCUT2D eigenvalue weighted by molar-refractivity contribution is -0.118. The van der Waals surface area contributed by atoms with Crippen molar-refractivity contribution in [2.45, 2.75) is 59.3 Å². The molecule has 0 unspecified atom stereocenters. The monoisotopic (exact) mass is 239 g/mol. The Hall–Kier alpha value is -0.370. The maximum absolute atomic E-state index is 11.5. The van der Waals surface area contributed by atoms with Crippen LogP contribution < -0.4 is 0 Å². The Kier molecular flexibility index (Phi) is 6.18. The van der Waals surface area contributed by atoms with Gasteiger partial charge in [-0.2, -0.15) is 0 Å². The summed E-state index contributed by atoms with van der Waals surface area (Å²) in [6.07, 6.45) is 8.25. The SMILES string of the molecule is CCCC[C@@](C=O)(CC)CN1CCC(C)CC1. The van der Waals surface area contributed by atoms with E-state index in [4.69, 9.17) is 0 Å². The van der Waals surface area contributed by atoms with Gasteiger partial charge < -0.3 is 9.69 Å². The van der Waals surface area contributed by atoms with E-state index in [9.17, 15) is 4.79 Å². The van der Waals surface area contributed by atoms with Crippen molar-refractivity contribution in [3.05, 3.63) is 0 Å². The van der Waals surface area contributed by atoms with Gasteiger partial charge in [0.05, 0.1) is 0 Å². The molecule has 0 amide bonds. The quantitative estimate of drug-likeness (QED) is 0.634. The minimum atomic E-state index is -0.0728. The minimum Gasteiger partial charge on any atom is -0.303 e. The normalized spacial score (nSPS) is 22.3. The molecular weight excluding hydrogens is 210 g/mol. The van der Waals surface area contributed by atoms with Crippen molar-refractivity contribution in [2.24, 2.45) is 11.3 Å². The van der Waals surface area contributed by atoms with E-state index in [-0.39, 0.29) is 5.41 Å². The summed E-state index contributed by atoms with van der Waals surface area (Å²) >= 11 is 0. The van der Waals surface area contributed by atoms with Crippen molar-refractivity contribution >= 4 is 6.29 Å². The molecule has 0 radical (unpaired) electrons. The van der Waals surface area contributed by atoms with Gasteiger partial charge in [-0.15, -0.1) is 0 Å². The number of nitrogens with zero attached hydrogens (tertiary/aromatic N) is 1. The number of likely N-dealkylation sites (tertiary alicyclic amines) is 1. The van der Waals surface area contributed by atoms with Crippen molar-refractivity contribution in [3.63, 3.8) is 0 Å². The van der Waals surface area contributed by atoms with Gasteiger partial charge in [0.2, 0.25) is 0 Å². The number of carbonyl (C=O) groups excluding carboxylic acids is 1. The van der Waals surface area contributed by atoms with E-state index in [0.29, 0.717) is 0 Å². The highest BCUT2D eigenvalue weighted by molar-refractivity contribution is 5.59. The first kappa shape index (κ1) is 14.7. The van der Waals surface area contributed by atoms with E-state index in [2.05, 4.69) is 25.7 Å². The van der Waals surface area contributed by atoms with Gasteiger partial charge in [0, 0.05) is 12.0 Å². The highest BCUT2D eigenvalue weighted by atomic mass is 16.1. The molecule has 1 heterocycles. The Balaban J connectivity index is 2.50. The van der Waals surface area contributed by atoms with Gasteiger partial charge in [-0.25, -0.2) is 0 Å². The standard InChI is InChI=1S/C15H29NO/c1-4-6-9-15(5-2,13-17)12-16-10-7-14(3)8-11-16/h13-14H,4-12H2,1-3H3/t15-/m0/s1. The zero-order valence-electron chi connectivity index (χ0n) is 11.9. The lowest BCUT2D eigenvalue weighted by Crippen LogP contribution is -2.42. The van der Waals surface area contributed by atoms with Crippen molar-refractivity contribution in [1.29, 1.82) is 0 Å². The molecular formula is C15H29NO. The number of hydrogen-bond acceptors (Lipinski definition) is 2. The molecule has 1 atom stereocenters. The third-order valence-electron chi connectivity index (χ3n) is 4.40. The Morgan fingerprint density at radius 3 is 2.41 bits per heavy atom. The Bertz CT molecular complexity index is 221. The van der Waals surface area contributed by atoms with Gasteiger partial charge in [0.15, 0.2) is 0 Å². The first-order valence-electron chi connectivity index (χ1n) is 7.34. The van der Waals surface area contributed by atoms with Crippen LogP contribution in [0, 0.1) is 11.3 Å². The summed E-state index contributed by atoms with van der Waals surface area (Å²) in [6.45, 7) is 10.1. The van der Waals surface area contributed by atoms with Gasteiger partial charge in [-0.3, -0.25) is 0 Å². The fraction of sp³-hybridized carbons (Fsp3) is 0.933. The van der Waals surface area contributed by atoms with Crippen molar-refractivity contribution < 1.29 is 4.79 Å². The molecule has 0 bridgehead atoms. The van der Waals surface area contributed by atoms with Crippen LogP contribution in [0.2, 0.25) is 0 Å². The van der Waals surface area contributed by atoms with E-state index < -0.39 is 0 Å². The molecule has 0 aliphatic carbocycles. The molecule has 0 aromatic rings. The highest BCUT2D eigenvalue weighted by Crippen LogP contribution is 2.29. The molecule has 2 heteroatoms. The molecule has 2 nitrogen and oxygen atoms in total. The number of aldehydes is 1. The Labute approximate surface area is 107 Å². The van der Waals surface area contributed by atoms with Crippen LogP contribution in [0.5, 0.6) is 0 Å². The fourth-order valence-corrected chi connectivity index (χ4v) is 2.74. The maximum atomic E-state index is 11.5. The van der Waals surface area contributed by atoms with Crippen molar-refractivity contribution in [2.75, 3.05) is 19.6 Å². The van der Waals surface area contributed by atoms with Gasteiger partial charge in [0.1, 0.15) is 6.29 Å². The fourth-order valence-electron chi connectivity index (χ4n) is 2.74. The van der Waals surface area contributed by atoms with Gasteiger partial charge in [-0.05, 0) is 44.7 Å². The Morgan fingerprint density at radius 1 is 1.29 bits per heavy atom. The van der Waals surface area contributed by atoms with Gasteiger partial charge in [0.25, 0.3) is 0 Å². The molecule has 1 fully saturated rings. The molecule has 1 aliphatic heterocycles. The summed E-state index contributed by atoms with van der Waals surface area (Å²) in [5, 5.41) is 0. The number of rotatable bonds is 7. The average molecular weight is 239 g/mol. The summed E-state index contributed by atoms with van der Waals surface area (Å²) in [6, 6.07) is 0. The van der Waals surface area contributed by atoms with E-state index >= 15 is 0 Å². The zero-order valence-corrected chi connectivity index (χ0v) is 11.9. The lowest BCUT2D eigenvalue weighted by Gasteiger charge is -2.37. The van der Waals surface area contributed by atoms with Crippen LogP contribution in [0.3, 0.4) is 0 Å². The zero-order chi connectivity index (χ0) is 12.7. The third-order valence-corrected chi connectivity index (χ3v) is 4.40. The predicted octanol–water partition coefficient (Wildman–Crippen LogP) is 3.50. The molecule has 100 valence electrons. The Morgan fingerprint density at radius 2 is 1.94 bits per heavy atom. The number of piperidine rings is 1. The first-order chi connectivity index (χ1) is 8.15. The second-order valence-electron chi connectivity index (χ2n) is 5.90. The maximum Gasteiger partial charge on any atom is 0.127 e. The van der Waals surface area contributed by atoms with Crippen LogP contribution in [0.15, 0.2) is 0 Å². The largest absolute Gasteiger partial charge is 0.303 e. The molecule has 1 saturated heterocycles. The number of unbranched alkanes of at least 4 members (excludes halogenated alkanes) is 1. The van der Waals surface area contributed by atoms with Crippen LogP contribution >= 0.6 is 0 Å². The topological polar surface area (TPSA) is 20.3 Å². The molecule has 0 N–H and O–H groups in total. The van der Waals surface area contributed by atoms with Crippen LogP contribution in [-0.2, 0) is 4.79 Å². The molecule has 0 saturated carbocycles. The second-order valence-corrected chi connectivity index (χ2v) is 5.90. The van der Waals surface area contributed by atoms with Crippen LogP contribution in [-0.4, -0.2) is 30.8 Å². The molecule has 1 rings (SSSR count). The van der Waals surface area contributed by atoms with E-state index in [1.807, 2.05) is 0 Å². The van der Waals surface area contributed by atoms with E-state index in [0.717, 1.165) is 25.3 Å². The molecule has 17 heavy (non-hydrogen) atoms. The summed E-state index contributed by atoms with van der Waals surface area (Å²) in [5.41, 5.74) is -0.0728. The molecule has 1 aliphatic rings. The summed E-state index contributed by atoms with van der Waals surface area (Å²) < 4.78 is 0. The van der Waals surface area contributed by atoms with Crippen molar-refractivity contribution in [3.8, 4) is 0 Å². The number of hydrogen-bond donors (Lipinski definition) is 0. The smallest absolute Gasteiger partial charge is 0.127 e. The molecule has 0 aromatic heterocycles. The first-order valence-corrected chi connectivity index (χ1v) is 7.34. The van der Waals surface area contributed by atoms with Crippen LogP contribution in [0.25, 0.3) is 0 Å². The van der Waals surface area contributed by atoms with E-state index in [1.165, 1.54) is 45.1 Å². The summed E-state index contributed by atoms with van der Waals surface area (Å²) in [5.74, 6) is 0.870. The lowest BCUT2D eigenvalue weighted by atomic mass is 9.80. The van der Waals surface area contributed by atoms with E-state index in [1.54, 1.807) is 0 Å². The summed E-state index contributed by atoms with van der Waals surface area (Å²) in [4.78, 5) is 14.0. The van der Waals surface area contributed by atoms with Gasteiger partial charge in [-0.1, -0.05) is 33.6 Å². The molecule has 0 aromatic carbocycles. The summed E-state index contributed by atoms with van der Waals surface area (Å²) in [7, 11) is 0. The molecule has 0 spiro atoms. The average Bonchev–Trinajstić information content (AvgIpc) is 2.37. The van der Waals surface area contributed by atoms with Crippen LogP contribution in [0.4, 0.5) is 0 Å². The third kappa shape index (κ3) is 4.42. The highest BCUT2D eigenvalue weighted by Gasteiger charge is 2.30. The van der Waals surface area contributed by atoms with Gasteiger partial charge >= 0.3 is 0 Å². The van der Waals surface area contributed by atoms with Crippen LogP contribution in [0.1, 0.15) is 59.3 Å². The predicted molar refractivity (Wildman–Crippen MR) is 73.2 cm³/mol. The second kappa shape index (κ2) is 7.15. The van der Waals surface area contributed by atoms with Crippen molar-refractivity contribution in [1.82, 2.24) is 4.90 Å². The minimum absolute atomic E-state index is 0.0728.